The number of nitrogens with zero attached hydrogens (tertiary/aromatic N) is 5. The minimum absolute atomic E-state index is 0.0700. The van der Waals surface area contributed by atoms with Crippen molar-refractivity contribution in [3.63, 3.8) is 0 Å². The average Bonchev–Trinajstić information content (AvgIpc) is 3.54. The van der Waals surface area contributed by atoms with Crippen molar-refractivity contribution in [2.45, 2.75) is 36.7 Å². The van der Waals surface area contributed by atoms with Gasteiger partial charge < -0.3 is 9.73 Å². The number of amides is 1. The van der Waals surface area contributed by atoms with Gasteiger partial charge in [0.25, 0.3) is 0 Å². The Balaban J connectivity index is 1.25. The van der Waals surface area contributed by atoms with Crippen LogP contribution < -0.4 is 5.32 Å². The van der Waals surface area contributed by atoms with Crippen molar-refractivity contribution in [3.05, 3.63) is 66.5 Å². The lowest BCUT2D eigenvalue weighted by molar-refractivity contribution is -0.138. The van der Waals surface area contributed by atoms with E-state index < -0.39 is 28.8 Å². The fraction of sp³-hybridized carbons (Fsp3) is 0.261. The number of furan rings is 1. The van der Waals surface area contributed by atoms with Gasteiger partial charge in [-0.2, -0.15) is 13.2 Å². The molecule has 2 atom stereocenters. The molecule has 0 aromatic carbocycles. The molecular formula is C23H19F3N6O3S. The number of rotatable bonds is 6. The second-order valence-corrected chi connectivity index (χ2v) is 9.44. The Morgan fingerprint density at radius 1 is 1.14 bits per heavy atom. The van der Waals surface area contributed by atoms with Gasteiger partial charge in [-0.25, -0.2) is 18.5 Å². The van der Waals surface area contributed by atoms with Gasteiger partial charge in [-0.15, -0.1) is 0 Å². The van der Waals surface area contributed by atoms with Gasteiger partial charge >= 0.3 is 6.18 Å². The first kappa shape index (κ1) is 24.0. The van der Waals surface area contributed by atoms with Crippen LogP contribution in [-0.2, 0) is 28.5 Å². The van der Waals surface area contributed by atoms with E-state index in [9.17, 15) is 22.2 Å². The molecule has 186 valence electrons. The van der Waals surface area contributed by atoms with Gasteiger partial charge in [-0.1, -0.05) is 0 Å². The molecule has 5 rings (SSSR count). The van der Waals surface area contributed by atoms with E-state index >= 15 is 0 Å². The molecule has 1 aliphatic rings. The first-order chi connectivity index (χ1) is 17.3. The van der Waals surface area contributed by atoms with Crippen molar-refractivity contribution in [2.75, 3.05) is 6.54 Å². The summed E-state index contributed by atoms with van der Waals surface area (Å²) in [6, 6.07) is 5.89. The van der Waals surface area contributed by atoms with Gasteiger partial charge in [0, 0.05) is 54.5 Å². The number of carbonyl (C=O) groups excluding carboxylic acids is 1. The maximum Gasteiger partial charge on any atom is 0.419 e. The van der Waals surface area contributed by atoms with Crippen LogP contribution in [0, 0.1) is 0 Å². The van der Waals surface area contributed by atoms with Crippen LogP contribution in [0.3, 0.4) is 0 Å². The summed E-state index contributed by atoms with van der Waals surface area (Å²) < 4.78 is 58.7. The molecule has 9 nitrogen and oxygen atoms in total. The number of hydrogen-bond donors (Lipinski definition) is 1. The molecule has 1 unspecified atom stereocenters. The van der Waals surface area contributed by atoms with Gasteiger partial charge in [0.15, 0.2) is 16.8 Å². The molecule has 13 heteroatoms. The molecule has 0 bridgehead atoms. The van der Waals surface area contributed by atoms with Gasteiger partial charge in [0.1, 0.15) is 11.6 Å². The Bertz CT molecular complexity index is 1390. The van der Waals surface area contributed by atoms with Crippen LogP contribution in [0.4, 0.5) is 13.2 Å². The second-order valence-electron chi connectivity index (χ2n) is 8.07. The van der Waals surface area contributed by atoms with Gasteiger partial charge in [-0.3, -0.25) is 14.8 Å². The van der Waals surface area contributed by atoms with E-state index in [0.717, 1.165) is 17.8 Å². The summed E-state index contributed by atoms with van der Waals surface area (Å²) in [4.78, 5) is 28.7. The molecule has 4 aromatic heterocycles. The highest BCUT2D eigenvalue weighted by molar-refractivity contribution is 7.82. The van der Waals surface area contributed by atoms with Crippen LogP contribution in [-0.4, -0.2) is 46.9 Å². The van der Waals surface area contributed by atoms with Crippen LogP contribution in [0.2, 0.25) is 0 Å². The van der Waals surface area contributed by atoms with Crippen molar-refractivity contribution >= 4 is 27.9 Å². The zero-order chi connectivity index (χ0) is 25.3. The number of hydrogen-bond acceptors (Lipinski definition) is 7. The normalized spacial score (nSPS) is 17.4. The van der Waals surface area contributed by atoms with Crippen molar-refractivity contribution in [2.24, 2.45) is 0 Å². The van der Waals surface area contributed by atoms with E-state index in [2.05, 4.69) is 25.3 Å². The van der Waals surface area contributed by atoms with Crippen molar-refractivity contribution < 1.29 is 26.6 Å². The lowest BCUT2D eigenvalue weighted by atomic mass is 10.2. The molecule has 1 aliphatic heterocycles. The van der Waals surface area contributed by atoms with E-state index in [0.29, 0.717) is 36.2 Å². The Kier molecular flexibility index (Phi) is 6.49. The van der Waals surface area contributed by atoms with E-state index in [4.69, 9.17) is 4.42 Å². The fourth-order valence-electron chi connectivity index (χ4n) is 3.90. The fourth-order valence-corrected chi connectivity index (χ4v) is 5.24. The Morgan fingerprint density at radius 2 is 1.94 bits per heavy atom. The summed E-state index contributed by atoms with van der Waals surface area (Å²) >= 11 is 0. The highest BCUT2D eigenvalue weighted by Crippen LogP contribution is 2.29. The molecule has 0 radical (unpaired) electrons. The van der Waals surface area contributed by atoms with Gasteiger partial charge in [-0.05, 0) is 31.0 Å². The number of pyridine rings is 2. The molecule has 4 aromatic rings. The largest absolute Gasteiger partial charge is 0.446 e. The van der Waals surface area contributed by atoms with Crippen molar-refractivity contribution in [1.29, 1.82) is 0 Å². The topological polar surface area (TPSA) is 114 Å². The van der Waals surface area contributed by atoms with Crippen LogP contribution >= 0.6 is 0 Å². The molecule has 1 fully saturated rings. The first-order valence-corrected chi connectivity index (χ1v) is 12.0. The Labute approximate surface area is 205 Å². The molecule has 5 heterocycles. The molecular weight excluding hydrogens is 497 g/mol. The molecule has 0 saturated carbocycles. The van der Waals surface area contributed by atoms with Gasteiger partial charge in [0.2, 0.25) is 11.0 Å². The summed E-state index contributed by atoms with van der Waals surface area (Å²) in [7, 11) is -1.66. The highest BCUT2D eigenvalue weighted by Gasteiger charge is 2.36. The third-order valence-corrected chi connectivity index (χ3v) is 7.09. The predicted octanol–water partition coefficient (Wildman–Crippen LogP) is 3.50. The zero-order valence-electron chi connectivity index (χ0n) is 18.6. The Morgan fingerprint density at radius 3 is 2.69 bits per heavy atom. The molecule has 1 saturated heterocycles. The summed E-state index contributed by atoms with van der Waals surface area (Å²) in [6.07, 6.45) is 2.81. The number of nitrogens with one attached hydrogen (secondary N) is 1. The zero-order valence-corrected chi connectivity index (χ0v) is 19.4. The highest BCUT2D eigenvalue weighted by atomic mass is 32.2. The third-order valence-electron chi connectivity index (χ3n) is 5.68. The van der Waals surface area contributed by atoms with Crippen molar-refractivity contribution in [1.82, 2.24) is 29.6 Å². The third kappa shape index (κ3) is 4.97. The maximum absolute atomic E-state index is 13.1. The number of alkyl halides is 3. The monoisotopic (exact) mass is 516 g/mol. The van der Waals surface area contributed by atoms with E-state index in [1.165, 1.54) is 6.20 Å². The van der Waals surface area contributed by atoms with Crippen LogP contribution in [0.25, 0.3) is 22.4 Å². The number of fused-ring (bicyclic) bond motifs is 1. The first-order valence-electron chi connectivity index (χ1n) is 10.9. The minimum atomic E-state index is -4.52. The molecule has 1 N–H and O–H groups in total. The number of carbonyl (C=O) groups is 1. The van der Waals surface area contributed by atoms with Crippen LogP contribution in [0.1, 0.15) is 24.1 Å². The molecule has 0 spiro atoms. The number of halogens is 3. The average molecular weight is 517 g/mol. The summed E-state index contributed by atoms with van der Waals surface area (Å²) in [5.74, 6) is -0.201. The van der Waals surface area contributed by atoms with E-state index in [-0.39, 0.29) is 23.4 Å². The smallest absolute Gasteiger partial charge is 0.419 e. The number of aromatic nitrogens is 4. The van der Waals surface area contributed by atoms with Gasteiger partial charge in [0.05, 0.1) is 17.8 Å². The standard InChI is InChI=1S/C23H19F3N6O3S/c24-23(25,26)16-11-29-21(30-12-16)14-3-6-28-17(8-14)13-31-22(33)18-2-1-7-32(18)36(34)20-9-15-10-27-5-4-19(15)35-20/h3-6,8-12,18H,1-2,7,13H2,(H,31,33)/t18-,36?/m0/s1. The summed E-state index contributed by atoms with van der Waals surface area (Å²) in [5.41, 5.74) is 0.563. The predicted molar refractivity (Wildman–Crippen MR) is 122 cm³/mol. The molecule has 0 aliphatic carbocycles. The van der Waals surface area contributed by atoms with E-state index in [1.807, 2.05) is 0 Å². The molecule has 36 heavy (non-hydrogen) atoms. The lowest BCUT2D eigenvalue weighted by Gasteiger charge is -2.21. The van der Waals surface area contributed by atoms with E-state index in [1.54, 1.807) is 41.0 Å². The SMILES string of the molecule is O=C(NCc1cc(-c2ncc(C(F)(F)F)cn2)ccn1)[C@@H]1CCCN1S(=O)c1cc2cnccc2o1. The van der Waals surface area contributed by atoms with Crippen LogP contribution in [0.5, 0.6) is 0 Å². The quantitative estimate of drug-likeness (QED) is 0.417. The molecule has 1 amide bonds. The Hall–Kier alpha value is -3.71. The lowest BCUT2D eigenvalue weighted by Crippen LogP contribution is -2.43. The maximum atomic E-state index is 13.1. The minimum Gasteiger partial charge on any atom is -0.446 e. The van der Waals surface area contributed by atoms with Crippen LogP contribution in [0.15, 0.2) is 64.8 Å². The summed E-state index contributed by atoms with van der Waals surface area (Å²) in [6.45, 7) is 0.541. The van der Waals surface area contributed by atoms with Crippen molar-refractivity contribution in [3.8, 4) is 11.4 Å². The second kappa shape index (κ2) is 9.74. The summed E-state index contributed by atoms with van der Waals surface area (Å²) in [5, 5.41) is 3.78.